The number of aliphatic hydroxyl groups is 1. The maximum atomic E-state index is 8.98. The third-order valence-electron chi connectivity index (χ3n) is 3.80. The van der Waals surface area contributed by atoms with E-state index >= 15 is 0 Å². The van der Waals surface area contributed by atoms with Crippen molar-refractivity contribution in [2.24, 2.45) is 0 Å². The molecule has 19 heavy (non-hydrogen) atoms. The molecular formula is C14H24N2O3. The highest BCUT2D eigenvalue weighted by Crippen LogP contribution is 2.19. The van der Waals surface area contributed by atoms with E-state index in [9.17, 15) is 0 Å². The first kappa shape index (κ1) is 14.5. The van der Waals surface area contributed by atoms with Crippen LogP contribution in [-0.2, 0) is 17.9 Å². The minimum Gasteiger partial charge on any atom is -0.462 e. The van der Waals surface area contributed by atoms with Gasteiger partial charge in [0.1, 0.15) is 18.1 Å². The topological polar surface area (TPSA) is 49.1 Å². The van der Waals surface area contributed by atoms with Gasteiger partial charge in [0.15, 0.2) is 0 Å². The van der Waals surface area contributed by atoms with Gasteiger partial charge in [0, 0.05) is 26.2 Å². The maximum Gasteiger partial charge on any atom is 0.129 e. The first-order chi connectivity index (χ1) is 9.12. The van der Waals surface area contributed by atoms with Crippen molar-refractivity contribution >= 4 is 0 Å². The molecule has 0 aliphatic carbocycles. The molecule has 1 saturated heterocycles. The quantitative estimate of drug-likeness (QED) is 0.831. The summed E-state index contributed by atoms with van der Waals surface area (Å²) in [5.74, 6) is 1.52. The fourth-order valence-corrected chi connectivity index (χ4v) is 2.70. The van der Waals surface area contributed by atoms with Gasteiger partial charge in [-0.3, -0.25) is 9.80 Å². The highest BCUT2D eigenvalue weighted by Gasteiger charge is 2.30. The molecule has 1 N–H and O–H groups in total. The molecule has 1 aromatic rings. The monoisotopic (exact) mass is 268 g/mol. The van der Waals surface area contributed by atoms with Gasteiger partial charge in [-0.05, 0) is 32.6 Å². The molecule has 1 aliphatic heterocycles. The minimum absolute atomic E-state index is 0.0371. The van der Waals surface area contributed by atoms with Crippen molar-refractivity contribution in [3.05, 3.63) is 23.7 Å². The van der Waals surface area contributed by atoms with E-state index in [1.54, 1.807) is 7.11 Å². The predicted octanol–water partition coefficient (Wildman–Crippen LogP) is 0.923. The van der Waals surface area contributed by atoms with Crippen LogP contribution in [0.2, 0.25) is 0 Å². The van der Waals surface area contributed by atoms with Gasteiger partial charge in [-0.25, -0.2) is 0 Å². The number of furan rings is 1. The molecule has 1 aromatic heterocycles. The Morgan fingerprint density at radius 1 is 1.47 bits per heavy atom. The number of ether oxygens (including phenoxy) is 1. The van der Waals surface area contributed by atoms with Crippen LogP contribution in [0.25, 0.3) is 0 Å². The first-order valence-electron chi connectivity index (χ1n) is 6.72. The zero-order chi connectivity index (χ0) is 13.8. The zero-order valence-corrected chi connectivity index (χ0v) is 12.0. The molecule has 2 heterocycles. The molecule has 0 aromatic carbocycles. The number of likely N-dealkylation sites (N-methyl/N-ethyl adjacent to an activating group) is 2. The first-order valence-corrected chi connectivity index (χ1v) is 6.72. The van der Waals surface area contributed by atoms with Crippen LogP contribution in [0.1, 0.15) is 17.9 Å². The molecule has 5 nitrogen and oxygen atoms in total. The van der Waals surface area contributed by atoms with Crippen molar-refractivity contribution in [3.63, 3.8) is 0 Å². The van der Waals surface area contributed by atoms with E-state index in [4.69, 9.17) is 14.3 Å². The predicted molar refractivity (Wildman–Crippen MR) is 72.8 cm³/mol. The van der Waals surface area contributed by atoms with Gasteiger partial charge in [-0.2, -0.15) is 0 Å². The van der Waals surface area contributed by atoms with Crippen molar-refractivity contribution in [2.75, 3.05) is 34.3 Å². The number of aliphatic hydroxyl groups excluding tert-OH is 1. The van der Waals surface area contributed by atoms with Crippen LogP contribution >= 0.6 is 0 Å². The van der Waals surface area contributed by atoms with E-state index in [2.05, 4.69) is 23.9 Å². The summed E-state index contributed by atoms with van der Waals surface area (Å²) in [6, 6.07) is 4.28. The van der Waals surface area contributed by atoms with Crippen LogP contribution in [0, 0.1) is 0 Å². The highest BCUT2D eigenvalue weighted by molar-refractivity contribution is 5.06. The summed E-state index contributed by atoms with van der Waals surface area (Å²) in [5.41, 5.74) is 0. The second-order valence-corrected chi connectivity index (χ2v) is 5.41. The highest BCUT2D eigenvalue weighted by atomic mass is 16.5. The van der Waals surface area contributed by atoms with E-state index in [0.29, 0.717) is 17.9 Å². The van der Waals surface area contributed by atoms with E-state index in [1.807, 2.05) is 12.1 Å². The Morgan fingerprint density at radius 3 is 2.79 bits per heavy atom. The molecule has 108 valence electrons. The van der Waals surface area contributed by atoms with Crippen LogP contribution in [-0.4, -0.2) is 61.3 Å². The normalized spacial score (nSPS) is 24.5. The van der Waals surface area contributed by atoms with Gasteiger partial charge < -0.3 is 14.3 Å². The molecule has 5 heteroatoms. The standard InChI is InChI=1S/C14H24N2O3/c1-15(8-12-4-5-13(10-17)19-12)7-11-6-14(18-3)9-16(11)2/h4-5,11,14,17H,6-10H2,1-3H3/t11-,14-/m0/s1. The zero-order valence-electron chi connectivity index (χ0n) is 12.0. The molecule has 0 saturated carbocycles. The fourth-order valence-electron chi connectivity index (χ4n) is 2.70. The molecule has 1 aliphatic rings. The Labute approximate surface area is 114 Å². The van der Waals surface area contributed by atoms with Crippen LogP contribution in [0.3, 0.4) is 0 Å². The average Bonchev–Trinajstić information content (AvgIpc) is 2.97. The van der Waals surface area contributed by atoms with Gasteiger partial charge >= 0.3 is 0 Å². The number of hydrogen-bond donors (Lipinski definition) is 1. The van der Waals surface area contributed by atoms with E-state index < -0.39 is 0 Å². The molecular weight excluding hydrogens is 244 g/mol. The third kappa shape index (κ3) is 3.79. The molecule has 2 rings (SSSR count). The number of likely N-dealkylation sites (tertiary alicyclic amines) is 1. The maximum absolute atomic E-state index is 8.98. The van der Waals surface area contributed by atoms with Crippen molar-refractivity contribution in [3.8, 4) is 0 Å². The summed E-state index contributed by atoms with van der Waals surface area (Å²) >= 11 is 0. The number of hydrogen-bond acceptors (Lipinski definition) is 5. The van der Waals surface area contributed by atoms with E-state index in [1.165, 1.54) is 0 Å². The molecule has 2 atom stereocenters. The van der Waals surface area contributed by atoms with Crippen LogP contribution in [0.5, 0.6) is 0 Å². The lowest BCUT2D eigenvalue weighted by atomic mass is 10.2. The Balaban J connectivity index is 1.82. The largest absolute Gasteiger partial charge is 0.462 e. The summed E-state index contributed by atoms with van der Waals surface area (Å²) in [4.78, 5) is 4.60. The van der Waals surface area contributed by atoms with Gasteiger partial charge in [-0.15, -0.1) is 0 Å². The molecule has 0 radical (unpaired) electrons. The SMILES string of the molecule is CO[C@H]1C[C@@H](CN(C)Cc2ccc(CO)o2)N(C)C1. The minimum atomic E-state index is -0.0371. The van der Waals surface area contributed by atoms with Crippen LogP contribution < -0.4 is 0 Å². The van der Waals surface area contributed by atoms with Gasteiger partial charge in [-0.1, -0.05) is 0 Å². The number of nitrogens with zero attached hydrogens (tertiary/aromatic N) is 2. The lowest BCUT2D eigenvalue weighted by Gasteiger charge is -2.24. The lowest BCUT2D eigenvalue weighted by Crippen LogP contribution is -2.36. The van der Waals surface area contributed by atoms with Crippen LogP contribution in [0.15, 0.2) is 16.5 Å². The summed E-state index contributed by atoms with van der Waals surface area (Å²) in [6.07, 6.45) is 1.44. The van der Waals surface area contributed by atoms with E-state index in [-0.39, 0.29) is 6.61 Å². The van der Waals surface area contributed by atoms with Crippen molar-refractivity contribution in [2.45, 2.75) is 31.7 Å². The molecule has 0 spiro atoms. The van der Waals surface area contributed by atoms with Gasteiger partial charge in [0.25, 0.3) is 0 Å². The summed E-state index contributed by atoms with van der Waals surface area (Å²) in [7, 11) is 6.02. The molecule has 0 unspecified atom stereocenters. The van der Waals surface area contributed by atoms with Crippen molar-refractivity contribution < 1.29 is 14.3 Å². The van der Waals surface area contributed by atoms with Crippen LogP contribution in [0.4, 0.5) is 0 Å². The smallest absolute Gasteiger partial charge is 0.129 e. The van der Waals surface area contributed by atoms with E-state index in [0.717, 1.165) is 31.8 Å². The van der Waals surface area contributed by atoms with Crippen molar-refractivity contribution in [1.29, 1.82) is 0 Å². The summed E-state index contributed by atoms with van der Waals surface area (Å²) in [5, 5.41) is 8.98. The Morgan fingerprint density at radius 2 is 2.21 bits per heavy atom. The second-order valence-electron chi connectivity index (χ2n) is 5.41. The van der Waals surface area contributed by atoms with Crippen molar-refractivity contribution in [1.82, 2.24) is 9.80 Å². The van der Waals surface area contributed by atoms with Gasteiger partial charge in [0.2, 0.25) is 0 Å². The lowest BCUT2D eigenvalue weighted by molar-refractivity contribution is 0.111. The molecule has 0 amide bonds. The third-order valence-corrected chi connectivity index (χ3v) is 3.80. The average molecular weight is 268 g/mol. The Kier molecular flexibility index (Phi) is 4.99. The molecule has 1 fully saturated rings. The Hall–Kier alpha value is -0.880. The summed E-state index contributed by atoms with van der Waals surface area (Å²) < 4.78 is 10.9. The Bertz CT molecular complexity index is 394. The van der Waals surface area contributed by atoms with Gasteiger partial charge in [0.05, 0.1) is 12.6 Å². The second kappa shape index (κ2) is 6.52. The fraction of sp³-hybridized carbons (Fsp3) is 0.714. The molecule has 0 bridgehead atoms. The summed E-state index contributed by atoms with van der Waals surface area (Å²) in [6.45, 7) is 2.72. The number of methoxy groups -OCH3 is 1. The number of rotatable bonds is 6.